The highest BCUT2D eigenvalue weighted by atomic mass is 32.2. The molecule has 0 saturated carbocycles. The Morgan fingerprint density at radius 1 is 0.968 bits per heavy atom. The Morgan fingerprint density at radius 2 is 1.61 bits per heavy atom. The highest BCUT2D eigenvalue weighted by Gasteiger charge is 2.19. The predicted octanol–water partition coefficient (Wildman–Crippen LogP) is 4.66. The second kappa shape index (κ2) is 9.18. The van der Waals surface area contributed by atoms with E-state index in [1.165, 1.54) is 9.58 Å². The largest absolute Gasteiger partial charge is 0.344 e. The minimum absolute atomic E-state index is 0.196. The summed E-state index contributed by atoms with van der Waals surface area (Å²) < 4.78 is 1.37. The smallest absolute Gasteiger partial charge is 0.274 e. The van der Waals surface area contributed by atoms with Crippen molar-refractivity contribution in [3.8, 4) is 0 Å². The molecule has 6 heteroatoms. The van der Waals surface area contributed by atoms with Crippen LogP contribution >= 0.6 is 11.8 Å². The molecule has 0 aliphatic rings. The summed E-state index contributed by atoms with van der Waals surface area (Å²) in [5.41, 5.74) is 1.99. The van der Waals surface area contributed by atoms with Crippen LogP contribution in [0.3, 0.4) is 0 Å². The number of nitrogens with zero attached hydrogens (tertiary/aromatic N) is 2. The number of nitrogens with one attached hydrogen (secondary N) is 1. The Hall–Kier alpha value is -3.38. The summed E-state index contributed by atoms with van der Waals surface area (Å²) >= 11 is 1.68. The van der Waals surface area contributed by atoms with Crippen LogP contribution in [0, 0.1) is 0 Å². The second-order valence-electron chi connectivity index (χ2n) is 7.31. The third kappa shape index (κ3) is 4.54. The first-order valence-electron chi connectivity index (χ1n) is 10.1. The summed E-state index contributed by atoms with van der Waals surface area (Å²) in [6, 6.07) is 24.6. The minimum atomic E-state index is -0.306. The van der Waals surface area contributed by atoms with Crippen LogP contribution in [-0.2, 0) is 6.54 Å². The molecule has 4 rings (SSSR count). The normalized spacial score (nSPS) is 11.9. The third-order valence-electron chi connectivity index (χ3n) is 5.22. The van der Waals surface area contributed by atoms with E-state index in [-0.39, 0.29) is 23.2 Å². The van der Waals surface area contributed by atoms with Crippen molar-refractivity contribution in [1.29, 1.82) is 0 Å². The maximum absolute atomic E-state index is 13.2. The first kappa shape index (κ1) is 20.9. The average molecular weight is 430 g/mol. The van der Waals surface area contributed by atoms with Gasteiger partial charge in [-0.05, 0) is 42.5 Å². The van der Waals surface area contributed by atoms with Gasteiger partial charge in [0.2, 0.25) is 0 Å². The number of carbonyl (C=O) groups excluding carboxylic acids is 1. The first-order valence-corrected chi connectivity index (χ1v) is 11.3. The van der Waals surface area contributed by atoms with E-state index < -0.39 is 0 Å². The highest BCUT2D eigenvalue weighted by Crippen LogP contribution is 2.20. The Bertz CT molecular complexity index is 1270. The molecule has 4 aromatic rings. The van der Waals surface area contributed by atoms with Crippen molar-refractivity contribution in [2.45, 2.75) is 24.4 Å². The van der Waals surface area contributed by atoms with Crippen molar-refractivity contribution >= 4 is 28.4 Å². The lowest BCUT2D eigenvalue weighted by Crippen LogP contribution is -2.32. The third-order valence-corrected chi connectivity index (χ3v) is 5.96. The molecule has 0 bridgehead atoms. The number of fused-ring (bicyclic) bond motifs is 1. The van der Waals surface area contributed by atoms with Gasteiger partial charge < -0.3 is 5.32 Å². The number of hydrogen-bond donors (Lipinski definition) is 1. The zero-order chi connectivity index (χ0) is 21.8. The van der Waals surface area contributed by atoms with Gasteiger partial charge >= 0.3 is 0 Å². The fourth-order valence-corrected chi connectivity index (χ4v) is 3.92. The van der Waals surface area contributed by atoms with Gasteiger partial charge in [0.05, 0.1) is 18.0 Å². The zero-order valence-electron chi connectivity index (χ0n) is 17.4. The number of aromatic nitrogens is 2. The van der Waals surface area contributed by atoms with Crippen LogP contribution in [0.25, 0.3) is 10.8 Å². The van der Waals surface area contributed by atoms with Crippen molar-refractivity contribution in [2.75, 3.05) is 6.26 Å². The maximum atomic E-state index is 13.2. The van der Waals surface area contributed by atoms with Crippen molar-refractivity contribution in [1.82, 2.24) is 15.1 Å². The van der Waals surface area contributed by atoms with Crippen LogP contribution in [0.4, 0.5) is 0 Å². The Labute approximate surface area is 185 Å². The molecule has 5 nitrogen and oxygen atoms in total. The molecule has 3 aromatic carbocycles. The molecule has 0 fully saturated rings. The molecule has 0 aliphatic carbocycles. The molecule has 1 aromatic heterocycles. The summed E-state index contributed by atoms with van der Waals surface area (Å²) in [7, 11) is 0. The molecular formula is C25H23N3O2S. The fraction of sp³-hybridized carbons (Fsp3) is 0.160. The Morgan fingerprint density at radius 3 is 2.29 bits per heavy atom. The number of amides is 1. The van der Waals surface area contributed by atoms with Crippen LogP contribution in [-0.4, -0.2) is 21.9 Å². The van der Waals surface area contributed by atoms with E-state index in [1.807, 2.05) is 73.8 Å². The first-order chi connectivity index (χ1) is 15.1. The van der Waals surface area contributed by atoms with E-state index in [4.69, 9.17) is 0 Å². The lowest BCUT2D eigenvalue weighted by atomic mass is 10.1. The van der Waals surface area contributed by atoms with Crippen molar-refractivity contribution in [3.05, 3.63) is 106 Å². The fourth-order valence-electron chi connectivity index (χ4n) is 3.51. The van der Waals surface area contributed by atoms with Crippen molar-refractivity contribution in [2.24, 2.45) is 0 Å². The molecule has 1 N–H and O–H groups in total. The van der Waals surface area contributed by atoms with Crippen LogP contribution in [0.1, 0.15) is 34.6 Å². The van der Waals surface area contributed by atoms with Gasteiger partial charge in [0.25, 0.3) is 11.5 Å². The van der Waals surface area contributed by atoms with E-state index >= 15 is 0 Å². The average Bonchev–Trinajstić information content (AvgIpc) is 2.81. The summed E-state index contributed by atoms with van der Waals surface area (Å²) in [6.07, 6.45) is 2.03. The van der Waals surface area contributed by atoms with Crippen molar-refractivity contribution < 1.29 is 4.79 Å². The van der Waals surface area contributed by atoms with Gasteiger partial charge in [-0.25, -0.2) is 4.68 Å². The Kier molecular flexibility index (Phi) is 6.18. The Balaban J connectivity index is 1.69. The lowest BCUT2D eigenvalue weighted by Gasteiger charge is -2.16. The molecule has 1 amide bonds. The van der Waals surface area contributed by atoms with Crippen LogP contribution < -0.4 is 10.9 Å². The lowest BCUT2D eigenvalue weighted by molar-refractivity contribution is 0.0934. The molecule has 31 heavy (non-hydrogen) atoms. The quantitative estimate of drug-likeness (QED) is 0.453. The van der Waals surface area contributed by atoms with E-state index in [0.29, 0.717) is 17.3 Å². The number of carbonyl (C=O) groups is 1. The van der Waals surface area contributed by atoms with Crippen LogP contribution in [0.5, 0.6) is 0 Å². The molecule has 156 valence electrons. The molecule has 0 spiro atoms. The molecule has 1 atom stereocenters. The number of thioether (sulfide) groups is 1. The monoisotopic (exact) mass is 429 g/mol. The van der Waals surface area contributed by atoms with Crippen LogP contribution in [0.2, 0.25) is 0 Å². The number of rotatable bonds is 6. The van der Waals surface area contributed by atoms with Gasteiger partial charge in [-0.3, -0.25) is 9.59 Å². The van der Waals surface area contributed by atoms with E-state index in [2.05, 4.69) is 10.4 Å². The summed E-state index contributed by atoms with van der Waals surface area (Å²) in [4.78, 5) is 27.3. The molecule has 0 aliphatic heterocycles. The van der Waals surface area contributed by atoms with Crippen molar-refractivity contribution in [3.63, 3.8) is 0 Å². The standard InChI is InChI=1S/C25H23N3O2S/c1-17(19-12-14-20(31-2)15-13-19)26-24(29)23-21-10-6-7-11-22(21)25(30)28(27-23)16-18-8-4-3-5-9-18/h3-15,17H,16H2,1-2H3,(H,26,29). The summed E-state index contributed by atoms with van der Waals surface area (Å²) in [5, 5.41) is 8.52. The SMILES string of the molecule is CSc1ccc(C(C)NC(=O)c2nn(Cc3ccccc3)c(=O)c3ccccc23)cc1. The predicted molar refractivity (Wildman–Crippen MR) is 126 cm³/mol. The van der Waals surface area contributed by atoms with Gasteiger partial charge in [-0.2, -0.15) is 5.10 Å². The van der Waals surface area contributed by atoms with Gasteiger partial charge in [0.1, 0.15) is 0 Å². The minimum Gasteiger partial charge on any atom is -0.344 e. The molecule has 1 heterocycles. The molecule has 1 unspecified atom stereocenters. The number of benzene rings is 3. The van der Waals surface area contributed by atoms with Gasteiger partial charge in [0, 0.05) is 10.3 Å². The molecule has 0 saturated heterocycles. The molecular weight excluding hydrogens is 406 g/mol. The van der Waals surface area contributed by atoms with Gasteiger partial charge in [0.15, 0.2) is 5.69 Å². The summed E-state index contributed by atoms with van der Waals surface area (Å²) in [6.45, 7) is 2.24. The van der Waals surface area contributed by atoms with E-state index in [9.17, 15) is 9.59 Å². The topological polar surface area (TPSA) is 64.0 Å². The highest BCUT2D eigenvalue weighted by molar-refractivity contribution is 7.98. The van der Waals surface area contributed by atoms with Gasteiger partial charge in [-0.1, -0.05) is 60.7 Å². The van der Waals surface area contributed by atoms with Gasteiger partial charge in [-0.15, -0.1) is 11.8 Å². The zero-order valence-corrected chi connectivity index (χ0v) is 18.2. The summed E-state index contributed by atoms with van der Waals surface area (Å²) in [5.74, 6) is -0.306. The van der Waals surface area contributed by atoms with Crippen LogP contribution in [0.15, 0.2) is 88.6 Å². The number of hydrogen-bond acceptors (Lipinski definition) is 4. The van der Waals surface area contributed by atoms with E-state index in [1.54, 1.807) is 30.0 Å². The van der Waals surface area contributed by atoms with E-state index in [0.717, 1.165) is 11.1 Å². The maximum Gasteiger partial charge on any atom is 0.274 e. The second-order valence-corrected chi connectivity index (χ2v) is 8.19. The molecule has 0 radical (unpaired) electrons.